The summed E-state index contributed by atoms with van der Waals surface area (Å²) in [5, 5.41) is 0. The molecular weight excluding hydrogens is 510 g/mol. The third kappa shape index (κ3) is 4.32. The number of fused-ring (bicyclic) bond motifs is 2. The van der Waals surface area contributed by atoms with Crippen LogP contribution in [0, 0.1) is 6.92 Å². The van der Waals surface area contributed by atoms with E-state index < -0.39 is 20.0 Å². The summed E-state index contributed by atoms with van der Waals surface area (Å²) >= 11 is 0. The van der Waals surface area contributed by atoms with Crippen molar-refractivity contribution in [3.05, 3.63) is 78.4 Å². The standard InChI is InChI=1S/C26H27N5O4S2/c1-4-29(5-2)36(32,33)22-10-8-9-20(17-22)30-18-31(37(34,35)21-15-13-19(3)14-16-21)26-25(30)27-23-11-6-7-12-24(23)28-26/h6-17H,4-5,18H2,1-3H3. The predicted molar refractivity (Wildman–Crippen MR) is 144 cm³/mol. The Bertz CT molecular complexity index is 1690. The average molecular weight is 538 g/mol. The zero-order valence-electron chi connectivity index (χ0n) is 20.7. The summed E-state index contributed by atoms with van der Waals surface area (Å²) < 4.78 is 56.5. The van der Waals surface area contributed by atoms with Crippen molar-refractivity contribution in [2.24, 2.45) is 0 Å². The van der Waals surface area contributed by atoms with Crippen LogP contribution in [0.15, 0.2) is 82.6 Å². The Labute approximate surface area is 217 Å². The Kier molecular flexibility index (Phi) is 6.38. The zero-order valence-corrected chi connectivity index (χ0v) is 22.4. The van der Waals surface area contributed by atoms with Crippen molar-refractivity contribution in [1.29, 1.82) is 0 Å². The maximum Gasteiger partial charge on any atom is 0.267 e. The van der Waals surface area contributed by atoms with Crippen molar-refractivity contribution >= 4 is 48.4 Å². The monoisotopic (exact) mass is 537 g/mol. The first-order valence-electron chi connectivity index (χ1n) is 11.9. The van der Waals surface area contributed by atoms with Gasteiger partial charge in [-0.3, -0.25) is 0 Å². The first-order chi connectivity index (χ1) is 17.7. The molecule has 0 bridgehead atoms. The molecule has 9 nitrogen and oxygen atoms in total. The number of benzene rings is 3. The number of sulfonamides is 2. The Morgan fingerprint density at radius 1 is 0.784 bits per heavy atom. The van der Waals surface area contributed by atoms with E-state index in [9.17, 15) is 16.8 Å². The van der Waals surface area contributed by atoms with Gasteiger partial charge in [-0.25, -0.2) is 31.1 Å². The number of nitrogens with zero attached hydrogens (tertiary/aromatic N) is 5. The van der Waals surface area contributed by atoms with E-state index in [1.807, 2.05) is 19.1 Å². The van der Waals surface area contributed by atoms with Gasteiger partial charge >= 0.3 is 0 Å². The van der Waals surface area contributed by atoms with Crippen LogP contribution in [-0.4, -0.2) is 50.9 Å². The molecule has 1 aromatic heterocycles. The maximum absolute atomic E-state index is 13.7. The first kappa shape index (κ1) is 25.1. The summed E-state index contributed by atoms with van der Waals surface area (Å²) in [6, 6.07) is 20.3. The second kappa shape index (κ2) is 9.40. The van der Waals surface area contributed by atoms with Gasteiger partial charge in [-0.15, -0.1) is 0 Å². The normalized spacial score (nSPS) is 13.9. The number of rotatable bonds is 7. The molecule has 0 N–H and O–H groups in total. The molecule has 0 radical (unpaired) electrons. The molecule has 0 atom stereocenters. The van der Waals surface area contributed by atoms with E-state index in [-0.39, 0.29) is 22.3 Å². The molecular formula is C26H27N5O4S2. The molecule has 1 aliphatic heterocycles. The van der Waals surface area contributed by atoms with Crippen LogP contribution in [0.25, 0.3) is 11.0 Å². The minimum atomic E-state index is -3.98. The molecule has 0 fully saturated rings. The van der Waals surface area contributed by atoms with E-state index in [4.69, 9.17) is 4.98 Å². The van der Waals surface area contributed by atoms with E-state index >= 15 is 0 Å². The van der Waals surface area contributed by atoms with Gasteiger partial charge in [-0.1, -0.05) is 49.7 Å². The van der Waals surface area contributed by atoms with Gasteiger partial charge in [-0.2, -0.15) is 4.31 Å². The number of aryl methyl sites for hydroxylation is 1. The minimum Gasteiger partial charge on any atom is -0.304 e. The number of para-hydroxylation sites is 2. The molecule has 0 saturated carbocycles. The Hall–Kier alpha value is -3.54. The molecule has 0 aliphatic carbocycles. The highest BCUT2D eigenvalue weighted by Gasteiger charge is 2.39. The third-order valence-corrected chi connectivity index (χ3v) is 10.2. The van der Waals surface area contributed by atoms with E-state index in [1.54, 1.807) is 79.4 Å². The number of anilines is 3. The van der Waals surface area contributed by atoms with Crippen molar-refractivity contribution < 1.29 is 16.8 Å². The van der Waals surface area contributed by atoms with Crippen molar-refractivity contribution in [2.45, 2.75) is 30.6 Å². The van der Waals surface area contributed by atoms with Gasteiger partial charge in [-0.05, 0) is 49.4 Å². The second-order valence-corrected chi connectivity index (χ2v) is 12.5. The number of hydrogen-bond acceptors (Lipinski definition) is 7. The number of hydrogen-bond donors (Lipinski definition) is 0. The highest BCUT2D eigenvalue weighted by molar-refractivity contribution is 7.92. The topological polar surface area (TPSA) is 104 Å². The fourth-order valence-electron chi connectivity index (χ4n) is 4.35. The highest BCUT2D eigenvalue weighted by atomic mass is 32.2. The molecule has 0 unspecified atom stereocenters. The van der Waals surface area contributed by atoms with Crippen LogP contribution in [0.5, 0.6) is 0 Å². The molecule has 0 amide bonds. The van der Waals surface area contributed by atoms with E-state index in [1.165, 1.54) is 8.61 Å². The summed E-state index contributed by atoms with van der Waals surface area (Å²) in [5.41, 5.74) is 2.61. The van der Waals surface area contributed by atoms with Crippen LogP contribution in [-0.2, 0) is 20.0 Å². The lowest BCUT2D eigenvalue weighted by Gasteiger charge is -2.22. The first-order valence-corrected chi connectivity index (χ1v) is 14.8. The fraction of sp³-hybridized carbons (Fsp3) is 0.231. The van der Waals surface area contributed by atoms with Crippen LogP contribution < -0.4 is 9.21 Å². The molecule has 37 heavy (non-hydrogen) atoms. The van der Waals surface area contributed by atoms with Gasteiger partial charge in [0.25, 0.3) is 10.0 Å². The molecule has 4 aromatic rings. The third-order valence-electron chi connectivity index (χ3n) is 6.38. The van der Waals surface area contributed by atoms with Crippen molar-refractivity contribution in [3.63, 3.8) is 0 Å². The molecule has 0 spiro atoms. The van der Waals surface area contributed by atoms with Crippen LogP contribution in [0.2, 0.25) is 0 Å². The smallest absolute Gasteiger partial charge is 0.267 e. The van der Waals surface area contributed by atoms with Crippen LogP contribution in [0.3, 0.4) is 0 Å². The largest absolute Gasteiger partial charge is 0.304 e. The molecule has 3 aromatic carbocycles. The minimum absolute atomic E-state index is 0.101. The average Bonchev–Trinajstić information content (AvgIpc) is 3.27. The Balaban J connectivity index is 1.66. The molecule has 192 valence electrons. The molecule has 0 saturated heterocycles. The second-order valence-electron chi connectivity index (χ2n) is 8.68. The van der Waals surface area contributed by atoms with E-state index in [2.05, 4.69) is 4.98 Å². The van der Waals surface area contributed by atoms with Crippen molar-refractivity contribution in [3.8, 4) is 0 Å². The SMILES string of the molecule is CCN(CC)S(=O)(=O)c1cccc(N2CN(S(=O)(=O)c3ccc(C)cc3)c3nc4ccccc4nc32)c1. The Morgan fingerprint density at radius 3 is 2.03 bits per heavy atom. The molecule has 1 aliphatic rings. The predicted octanol–water partition coefficient (Wildman–Crippen LogP) is 4.27. The van der Waals surface area contributed by atoms with Gasteiger partial charge < -0.3 is 4.90 Å². The van der Waals surface area contributed by atoms with Gasteiger partial charge in [0, 0.05) is 18.8 Å². The van der Waals surface area contributed by atoms with Crippen LogP contribution in [0.1, 0.15) is 19.4 Å². The lowest BCUT2D eigenvalue weighted by molar-refractivity contribution is 0.445. The summed E-state index contributed by atoms with van der Waals surface area (Å²) in [6.45, 7) is 6.05. The quantitative estimate of drug-likeness (QED) is 0.347. The molecule has 2 heterocycles. The van der Waals surface area contributed by atoms with Gasteiger partial charge in [0.15, 0.2) is 11.6 Å². The highest BCUT2D eigenvalue weighted by Crippen LogP contribution is 2.42. The fourth-order valence-corrected chi connectivity index (χ4v) is 7.20. The van der Waals surface area contributed by atoms with Crippen molar-refractivity contribution in [1.82, 2.24) is 14.3 Å². The van der Waals surface area contributed by atoms with Crippen LogP contribution in [0.4, 0.5) is 17.3 Å². The van der Waals surface area contributed by atoms with E-state index in [0.29, 0.717) is 35.6 Å². The maximum atomic E-state index is 13.7. The van der Waals surface area contributed by atoms with Gasteiger partial charge in [0.2, 0.25) is 10.0 Å². The summed E-state index contributed by atoms with van der Waals surface area (Å²) in [4.78, 5) is 11.4. The number of aromatic nitrogens is 2. The van der Waals surface area contributed by atoms with Gasteiger partial charge in [0.05, 0.1) is 20.8 Å². The van der Waals surface area contributed by atoms with Crippen LogP contribution >= 0.6 is 0 Å². The lowest BCUT2D eigenvalue weighted by Crippen LogP contribution is -2.34. The zero-order chi connectivity index (χ0) is 26.4. The summed E-state index contributed by atoms with van der Waals surface area (Å²) in [6.07, 6.45) is 0. The summed E-state index contributed by atoms with van der Waals surface area (Å²) in [5.74, 6) is 0.531. The molecule has 11 heteroatoms. The van der Waals surface area contributed by atoms with E-state index in [0.717, 1.165) is 5.56 Å². The lowest BCUT2D eigenvalue weighted by atomic mass is 10.2. The molecule has 5 rings (SSSR count). The van der Waals surface area contributed by atoms with Gasteiger partial charge in [0.1, 0.15) is 6.67 Å². The van der Waals surface area contributed by atoms with Crippen molar-refractivity contribution in [2.75, 3.05) is 29.0 Å². The summed E-state index contributed by atoms with van der Waals surface area (Å²) in [7, 11) is -7.69. The Morgan fingerprint density at radius 2 is 1.41 bits per heavy atom.